The van der Waals surface area contributed by atoms with Crippen LogP contribution in [0.2, 0.25) is 0 Å². The van der Waals surface area contributed by atoms with Crippen LogP contribution < -0.4 is 4.90 Å². The van der Waals surface area contributed by atoms with Crippen molar-refractivity contribution in [3.05, 3.63) is 164 Å². The van der Waals surface area contributed by atoms with Gasteiger partial charge in [0.15, 0.2) is 0 Å². The van der Waals surface area contributed by atoms with Crippen molar-refractivity contribution >= 4 is 92.5 Å². The maximum atomic E-state index is 2.43. The highest BCUT2D eigenvalue weighted by Gasteiger charge is 2.19. The lowest BCUT2D eigenvalue weighted by molar-refractivity contribution is 1.30. The Morgan fingerprint density at radius 3 is 1.36 bits per heavy atom. The second-order valence-corrected chi connectivity index (χ2v) is 12.1. The van der Waals surface area contributed by atoms with Gasteiger partial charge in [0.2, 0.25) is 0 Å². The number of hydrogen-bond donors (Lipinski definition) is 0. The molecule has 0 fully saturated rings. The SMILES string of the molecule is c1ccc(N(c2ccc3ccccc3c2)c2cc3ccc4cccc5c6cccc7ccc8cccc(c(c2)c3c45)c8c76)cc1. The highest BCUT2D eigenvalue weighted by Crippen LogP contribution is 2.46. The molecular weight excluding hydrogens is 542 g/mol. The molecule has 45 heavy (non-hydrogen) atoms. The quantitative estimate of drug-likeness (QED) is 0.191. The second-order valence-electron chi connectivity index (χ2n) is 12.1. The first-order valence-corrected chi connectivity index (χ1v) is 15.6. The highest BCUT2D eigenvalue weighted by molar-refractivity contribution is 6.37. The highest BCUT2D eigenvalue weighted by atomic mass is 15.1. The van der Waals surface area contributed by atoms with Crippen LogP contribution in [0.25, 0.3) is 75.4 Å². The molecule has 0 bridgehead atoms. The largest absolute Gasteiger partial charge is 0.310 e. The maximum Gasteiger partial charge on any atom is 0.0474 e. The number of rotatable bonds is 3. The minimum Gasteiger partial charge on any atom is -0.310 e. The molecule has 0 aliphatic rings. The monoisotopic (exact) mass is 569 g/mol. The van der Waals surface area contributed by atoms with Gasteiger partial charge in [0.1, 0.15) is 0 Å². The van der Waals surface area contributed by atoms with Gasteiger partial charge >= 0.3 is 0 Å². The van der Waals surface area contributed by atoms with Crippen LogP contribution in [0.15, 0.2) is 164 Å². The Balaban J connectivity index is 1.42. The molecule has 0 atom stereocenters. The van der Waals surface area contributed by atoms with Gasteiger partial charge in [-0.15, -0.1) is 0 Å². The molecule has 0 unspecified atom stereocenters. The van der Waals surface area contributed by atoms with E-state index in [0.717, 1.165) is 17.1 Å². The predicted octanol–water partition coefficient (Wildman–Crippen LogP) is 12.7. The Morgan fingerprint density at radius 2 is 0.711 bits per heavy atom. The van der Waals surface area contributed by atoms with Crippen molar-refractivity contribution in [1.82, 2.24) is 0 Å². The summed E-state index contributed by atoms with van der Waals surface area (Å²) in [4.78, 5) is 2.41. The third-order valence-corrected chi connectivity index (χ3v) is 9.67. The number of anilines is 3. The molecule has 10 aromatic rings. The Bertz CT molecular complexity index is 2750. The molecule has 0 aliphatic heterocycles. The van der Waals surface area contributed by atoms with E-state index in [-0.39, 0.29) is 0 Å². The molecule has 208 valence electrons. The van der Waals surface area contributed by atoms with Gasteiger partial charge < -0.3 is 4.90 Å². The minimum absolute atomic E-state index is 1.14. The molecular formula is C44H27N. The van der Waals surface area contributed by atoms with Gasteiger partial charge in [-0.05, 0) is 112 Å². The summed E-state index contributed by atoms with van der Waals surface area (Å²) < 4.78 is 0. The van der Waals surface area contributed by atoms with Crippen molar-refractivity contribution in [2.45, 2.75) is 0 Å². The number of fused-ring (bicyclic) bond motifs is 3. The van der Waals surface area contributed by atoms with E-state index in [1.54, 1.807) is 0 Å². The predicted molar refractivity (Wildman–Crippen MR) is 195 cm³/mol. The van der Waals surface area contributed by atoms with E-state index in [2.05, 4.69) is 169 Å². The van der Waals surface area contributed by atoms with Gasteiger partial charge in [-0.3, -0.25) is 0 Å². The van der Waals surface area contributed by atoms with Gasteiger partial charge in [-0.1, -0.05) is 127 Å². The Morgan fingerprint density at radius 1 is 0.244 bits per heavy atom. The molecule has 0 saturated heterocycles. The van der Waals surface area contributed by atoms with E-state index >= 15 is 0 Å². The third kappa shape index (κ3) is 3.56. The van der Waals surface area contributed by atoms with Crippen LogP contribution in [0.4, 0.5) is 17.1 Å². The first-order chi connectivity index (χ1) is 22.3. The smallest absolute Gasteiger partial charge is 0.0474 e. The van der Waals surface area contributed by atoms with Crippen LogP contribution in [0.1, 0.15) is 0 Å². The topological polar surface area (TPSA) is 3.24 Å². The lowest BCUT2D eigenvalue weighted by Gasteiger charge is -2.27. The summed E-state index contributed by atoms with van der Waals surface area (Å²) in [5.74, 6) is 0. The van der Waals surface area contributed by atoms with Crippen LogP contribution in [0, 0.1) is 0 Å². The van der Waals surface area contributed by atoms with E-state index in [4.69, 9.17) is 0 Å². The van der Waals surface area contributed by atoms with Crippen LogP contribution >= 0.6 is 0 Å². The lowest BCUT2D eigenvalue weighted by Crippen LogP contribution is -2.10. The molecule has 10 aromatic carbocycles. The van der Waals surface area contributed by atoms with Crippen molar-refractivity contribution in [2.75, 3.05) is 4.90 Å². The van der Waals surface area contributed by atoms with Crippen LogP contribution in [0.5, 0.6) is 0 Å². The van der Waals surface area contributed by atoms with E-state index < -0.39 is 0 Å². The summed E-state index contributed by atoms with van der Waals surface area (Å²) in [6, 6.07) is 60.5. The van der Waals surface area contributed by atoms with Crippen molar-refractivity contribution < 1.29 is 0 Å². The summed E-state index contributed by atoms with van der Waals surface area (Å²) >= 11 is 0. The van der Waals surface area contributed by atoms with E-state index in [9.17, 15) is 0 Å². The molecule has 0 heterocycles. The molecule has 1 nitrogen and oxygen atoms in total. The number of hydrogen-bond acceptors (Lipinski definition) is 1. The molecule has 0 aromatic heterocycles. The van der Waals surface area contributed by atoms with Crippen LogP contribution in [-0.2, 0) is 0 Å². The average molecular weight is 570 g/mol. The molecule has 1 heteroatoms. The van der Waals surface area contributed by atoms with Crippen molar-refractivity contribution in [3.8, 4) is 0 Å². The van der Waals surface area contributed by atoms with Crippen molar-refractivity contribution in [3.63, 3.8) is 0 Å². The van der Waals surface area contributed by atoms with Crippen molar-refractivity contribution in [2.24, 2.45) is 0 Å². The Kier molecular flexibility index (Phi) is 5.06. The zero-order valence-corrected chi connectivity index (χ0v) is 24.5. The summed E-state index contributed by atoms with van der Waals surface area (Å²) in [6.07, 6.45) is 0. The summed E-state index contributed by atoms with van der Waals surface area (Å²) in [6.45, 7) is 0. The number of para-hydroxylation sites is 1. The fourth-order valence-electron chi connectivity index (χ4n) is 7.74. The zero-order chi connectivity index (χ0) is 29.5. The summed E-state index contributed by atoms with van der Waals surface area (Å²) in [5, 5.41) is 18.0. The zero-order valence-electron chi connectivity index (χ0n) is 24.5. The van der Waals surface area contributed by atoms with E-state index in [1.807, 2.05) is 0 Å². The molecule has 0 radical (unpaired) electrons. The number of benzene rings is 9. The molecule has 0 aliphatic carbocycles. The van der Waals surface area contributed by atoms with Crippen LogP contribution in [-0.4, -0.2) is 0 Å². The summed E-state index contributed by atoms with van der Waals surface area (Å²) in [5.41, 5.74) is 3.43. The molecule has 0 spiro atoms. The number of nitrogens with zero attached hydrogens (tertiary/aromatic N) is 1. The Hall–Kier alpha value is -5.92. The molecule has 0 amide bonds. The van der Waals surface area contributed by atoms with E-state index in [1.165, 1.54) is 75.4 Å². The van der Waals surface area contributed by atoms with Gasteiger partial charge in [-0.25, -0.2) is 0 Å². The van der Waals surface area contributed by atoms with Gasteiger partial charge in [0.25, 0.3) is 0 Å². The van der Waals surface area contributed by atoms with Crippen LogP contribution in [0.3, 0.4) is 0 Å². The van der Waals surface area contributed by atoms with Crippen molar-refractivity contribution in [1.29, 1.82) is 0 Å². The standard InChI is InChI=1S/C44H27N/c1-2-14-34(15-3-1)45(35-24-23-28-9-4-5-10-32(28)25-35)36-26-33-22-21-31-12-7-17-38-37-16-6-11-29-19-20-30-13-8-18-39(43(30)41(29)37)40(27-36)44(33)42(31)38/h1-27H. The van der Waals surface area contributed by atoms with Gasteiger partial charge in [-0.2, -0.15) is 0 Å². The molecule has 10 rings (SSSR count). The lowest BCUT2D eigenvalue weighted by atomic mass is 9.87. The molecule has 0 N–H and O–H groups in total. The first kappa shape index (κ1) is 24.5. The minimum atomic E-state index is 1.14. The van der Waals surface area contributed by atoms with E-state index in [0.29, 0.717) is 0 Å². The molecule has 0 saturated carbocycles. The fraction of sp³-hybridized carbons (Fsp3) is 0. The summed E-state index contributed by atoms with van der Waals surface area (Å²) in [7, 11) is 0. The Labute approximate surface area is 260 Å². The normalized spacial score (nSPS) is 12.0. The average Bonchev–Trinajstić information content (AvgIpc) is 3.10. The second kappa shape index (κ2) is 9.29. The first-order valence-electron chi connectivity index (χ1n) is 15.6. The fourth-order valence-corrected chi connectivity index (χ4v) is 7.74. The van der Waals surface area contributed by atoms with Gasteiger partial charge in [0, 0.05) is 17.1 Å². The van der Waals surface area contributed by atoms with Gasteiger partial charge in [0.05, 0.1) is 0 Å². The maximum absolute atomic E-state index is 2.43. The third-order valence-electron chi connectivity index (χ3n) is 9.67.